The second-order valence-corrected chi connectivity index (χ2v) is 9.76. The molecule has 1 amide bonds. The van der Waals surface area contributed by atoms with E-state index in [2.05, 4.69) is 21.0 Å². The Kier molecular flexibility index (Phi) is 5.65. The number of piperazine rings is 1. The zero-order valence-electron chi connectivity index (χ0n) is 14.2. The van der Waals surface area contributed by atoms with Gasteiger partial charge in [0.25, 0.3) is 10.0 Å². The number of amides is 1. The van der Waals surface area contributed by atoms with Crippen LogP contribution in [0.5, 0.6) is 0 Å². The molecular weight excluding hydrogens is 462 g/mol. The van der Waals surface area contributed by atoms with E-state index >= 15 is 0 Å². The molecule has 10 nitrogen and oxygen atoms in total. The molecule has 0 atom stereocenters. The Balaban J connectivity index is 1.64. The van der Waals surface area contributed by atoms with Crippen LogP contribution in [0.25, 0.3) is 0 Å². The molecule has 2 aromatic rings. The molecule has 1 aliphatic rings. The van der Waals surface area contributed by atoms with Crippen LogP contribution in [0.1, 0.15) is 5.69 Å². The molecule has 27 heavy (non-hydrogen) atoms. The molecule has 0 N–H and O–H groups in total. The van der Waals surface area contributed by atoms with Gasteiger partial charge in [0.2, 0.25) is 5.91 Å². The van der Waals surface area contributed by atoms with Gasteiger partial charge in [-0.1, -0.05) is 6.07 Å². The van der Waals surface area contributed by atoms with Gasteiger partial charge in [-0.25, -0.2) is 8.42 Å². The first kappa shape index (κ1) is 19.9. The lowest BCUT2D eigenvalue weighted by Crippen LogP contribution is -2.51. The van der Waals surface area contributed by atoms with Crippen LogP contribution in [0, 0.1) is 17.0 Å². The maximum Gasteiger partial charge on any atom is 0.404 e. The Bertz CT molecular complexity index is 964. The second kappa shape index (κ2) is 7.66. The minimum absolute atomic E-state index is 0.143. The van der Waals surface area contributed by atoms with E-state index in [0.29, 0.717) is 5.69 Å². The second-order valence-electron chi connectivity index (χ2n) is 5.85. The highest BCUT2D eigenvalue weighted by Gasteiger charge is 2.32. The van der Waals surface area contributed by atoms with Crippen molar-refractivity contribution in [3.05, 3.63) is 37.8 Å². The predicted molar refractivity (Wildman–Crippen MR) is 101 cm³/mol. The van der Waals surface area contributed by atoms with Crippen molar-refractivity contribution in [1.82, 2.24) is 19.0 Å². The van der Waals surface area contributed by atoms with Crippen LogP contribution in [-0.4, -0.2) is 64.4 Å². The third kappa shape index (κ3) is 3.90. The Morgan fingerprint density at radius 3 is 2.56 bits per heavy atom. The van der Waals surface area contributed by atoms with Gasteiger partial charge in [-0.3, -0.25) is 4.79 Å². The number of carbonyl (C=O) groups excluding carboxylic acids is 1. The van der Waals surface area contributed by atoms with Crippen molar-refractivity contribution in [3.63, 3.8) is 0 Å². The molecule has 1 aliphatic heterocycles. The summed E-state index contributed by atoms with van der Waals surface area (Å²) in [4.78, 5) is 24.4. The lowest BCUT2D eigenvalue weighted by Gasteiger charge is -2.33. The van der Waals surface area contributed by atoms with Crippen LogP contribution in [0.4, 0.5) is 5.82 Å². The molecule has 146 valence electrons. The van der Waals surface area contributed by atoms with Crippen LogP contribution >= 0.6 is 27.3 Å². The van der Waals surface area contributed by atoms with Crippen LogP contribution in [0.15, 0.2) is 26.2 Å². The van der Waals surface area contributed by atoms with Gasteiger partial charge in [0.1, 0.15) is 15.2 Å². The molecule has 0 unspecified atom stereocenters. The van der Waals surface area contributed by atoms with Gasteiger partial charge in [0.15, 0.2) is 0 Å². The van der Waals surface area contributed by atoms with Crippen LogP contribution < -0.4 is 0 Å². The summed E-state index contributed by atoms with van der Waals surface area (Å²) in [5, 5.41) is 16.5. The number of halogens is 1. The smallest absolute Gasteiger partial charge is 0.358 e. The quantitative estimate of drug-likeness (QED) is 0.474. The number of carbonyl (C=O) groups is 1. The van der Waals surface area contributed by atoms with Crippen LogP contribution in [-0.2, 0) is 21.4 Å². The van der Waals surface area contributed by atoms with Gasteiger partial charge in [-0.2, -0.15) is 8.99 Å². The number of nitrogens with zero attached hydrogens (tertiary/aromatic N) is 5. The number of thiophene rings is 1. The molecule has 0 aliphatic carbocycles. The summed E-state index contributed by atoms with van der Waals surface area (Å²) in [6, 6.07) is 3.24. The molecule has 0 saturated carbocycles. The highest BCUT2D eigenvalue weighted by atomic mass is 79.9. The Labute approximate surface area is 167 Å². The number of hydrogen-bond donors (Lipinski definition) is 0. The molecule has 2 aromatic heterocycles. The molecule has 13 heteroatoms. The lowest BCUT2D eigenvalue weighted by molar-refractivity contribution is -0.390. The van der Waals surface area contributed by atoms with Crippen LogP contribution in [0.3, 0.4) is 0 Å². The largest absolute Gasteiger partial charge is 0.404 e. The summed E-state index contributed by atoms with van der Waals surface area (Å²) in [6.45, 7) is 2.40. The summed E-state index contributed by atoms with van der Waals surface area (Å²) in [7, 11) is -3.53. The Morgan fingerprint density at radius 1 is 1.37 bits per heavy atom. The zero-order chi connectivity index (χ0) is 19.8. The summed E-state index contributed by atoms with van der Waals surface area (Å²) >= 11 is 4.27. The molecule has 3 rings (SSSR count). The first-order valence-electron chi connectivity index (χ1n) is 7.90. The van der Waals surface area contributed by atoms with E-state index in [1.54, 1.807) is 29.3 Å². The fraction of sp³-hybridized carbons (Fsp3) is 0.429. The van der Waals surface area contributed by atoms with Crippen molar-refractivity contribution in [2.75, 3.05) is 26.2 Å². The van der Waals surface area contributed by atoms with E-state index < -0.39 is 14.9 Å². The number of sulfonamides is 1. The first-order valence-corrected chi connectivity index (χ1v) is 11.0. The van der Waals surface area contributed by atoms with Gasteiger partial charge in [0, 0.05) is 26.2 Å². The van der Waals surface area contributed by atoms with Gasteiger partial charge in [0.05, 0.1) is 10.8 Å². The van der Waals surface area contributed by atoms with Gasteiger partial charge >= 0.3 is 5.82 Å². The Morgan fingerprint density at radius 2 is 2.04 bits per heavy atom. The molecule has 0 bridgehead atoms. The van der Waals surface area contributed by atoms with Gasteiger partial charge < -0.3 is 15.0 Å². The highest BCUT2D eigenvalue weighted by Crippen LogP contribution is 2.27. The van der Waals surface area contributed by atoms with Gasteiger partial charge in [-0.15, -0.1) is 11.3 Å². The minimum Gasteiger partial charge on any atom is -0.358 e. The predicted octanol–water partition coefficient (Wildman–Crippen LogP) is 1.46. The Hall–Kier alpha value is -1.83. The van der Waals surface area contributed by atoms with E-state index in [-0.39, 0.29) is 53.1 Å². The third-order valence-electron chi connectivity index (χ3n) is 4.26. The standard InChI is InChI=1S/C14H16BrN5O5S2/c1-10-13(15)14(20(22)23)16-19(10)9-11(21)17-4-6-18(7-5-17)27(24,25)12-3-2-8-26-12/h2-3,8H,4-7,9H2,1H3. The molecule has 0 spiro atoms. The van der Waals surface area contributed by atoms with Crippen molar-refractivity contribution >= 4 is 49.0 Å². The maximum absolute atomic E-state index is 12.5. The molecular formula is C14H16BrN5O5S2. The first-order chi connectivity index (χ1) is 12.7. The van der Waals surface area contributed by atoms with E-state index in [1.165, 1.54) is 8.99 Å². The molecule has 1 saturated heterocycles. The number of hydrogen-bond acceptors (Lipinski definition) is 7. The average Bonchev–Trinajstić information content (AvgIpc) is 3.27. The van der Waals surface area contributed by atoms with Crippen molar-refractivity contribution in [2.24, 2.45) is 0 Å². The summed E-state index contributed by atoms with van der Waals surface area (Å²) in [6.07, 6.45) is 0. The van der Waals surface area contributed by atoms with E-state index in [4.69, 9.17) is 0 Å². The normalized spacial score (nSPS) is 15.9. The number of rotatable bonds is 5. The maximum atomic E-state index is 12.5. The van der Waals surface area contributed by atoms with Gasteiger partial charge in [-0.05, 0) is 39.2 Å². The summed E-state index contributed by atoms with van der Waals surface area (Å²) in [5.41, 5.74) is 0.481. The third-order valence-corrected chi connectivity index (χ3v) is 8.46. The average molecular weight is 478 g/mol. The lowest BCUT2D eigenvalue weighted by atomic mass is 10.3. The zero-order valence-corrected chi connectivity index (χ0v) is 17.5. The summed E-state index contributed by atoms with van der Waals surface area (Å²) < 4.78 is 28.2. The number of nitro groups is 1. The highest BCUT2D eigenvalue weighted by molar-refractivity contribution is 9.10. The fourth-order valence-electron chi connectivity index (χ4n) is 2.72. The van der Waals surface area contributed by atoms with E-state index in [0.717, 1.165) is 11.3 Å². The minimum atomic E-state index is -3.53. The molecule has 3 heterocycles. The topological polar surface area (TPSA) is 119 Å². The van der Waals surface area contributed by atoms with E-state index in [9.17, 15) is 23.3 Å². The van der Waals surface area contributed by atoms with E-state index in [1.807, 2.05) is 0 Å². The molecule has 1 fully saturated rings. The van der Waals surface area contributed by atoms with Crippen LogP contribution in [0.2, 0.25) is 0 Å². The summed E-state index contributed by atoms with van der Waals surface area (Å²) in [5.74, 6) is -0.608. The van der Waals surface area contributed by atoms with Crippen molar-refractivity contribution in [3.8, 4) is 0 Å². The SMILES string of the molecule is Cc1c(Br)c([N+](=O)[O-])nn1CC(=O)N1CCN(S(=O)(=O)c2cccs2)CC1. The monoisotopic (exact) mass is 477 g/mol. The molecule has 0 aromatic carbocycles. The fourth-order valence-corrected chi connectivity index (χ4v) is 5.72. The van der Waals surface area contributed by atoms with Crippen molar-refractivity contribution in [1.29, 1.82) is 0 Å². The molecule has 0 radical (unpaired) electrons. The number of aromatic nitrogens is 2. The van der Waals surface area contributed by atoms with Crippen molar-refractivity contribution in [2.45, 2.75) is 17.7 Å². The van der Waals surface area contributed by atoms with Crippen molar-refractivity contribution < 1.29 is 18.1 Å².